The van der Waals surface area contributed by atoms with E-state index in [1.165, 1.54) is 35.5 Å². The van der Waals surface area contributed by atoms with Crippen molar-refractivity contribution in [2.45, 2.75) is 30.1 Å². The summed E-state index contributed by atoms with van der Waals surface area (Å²) in [7, 11) is 0. The molecule has 3 rings (SSSR count). The minimum absolute atomic E-state index is 0.810. The summed E-state index contributed by atoms with van der Waals surface area (Å²) in [6.07, 6.45) is 4.21. The molecule has 1 aromatic carbocycles. The summed E-state index contributed by atoms with van der Waals surface area (Å²) in [6, 6.07) is 6.39. The molecule has 14 heavy (non-hydrogen) atoms. The Balaban J connectivity index is 2.02. The summed E-state index contributed by atoms with van der Waals surface area (Å²) in [5, 5.41) is 0.900. The summed E-state index contributed by atoms with van der Waals surface area (Å²) >= 11 is 8.05. The molecular weight excluding hydrogens is 212 g/mol. The molecule has 0 saturated heterocycles. The first-order chi connectivity index (χ1) is 6.84. The van der Waals surface area contributed by atoms with Crippen molar-refractivity contribution in [2.24, 2.45) is 5.92 Å². The minimum atomic E-state index is 0.810. The normalized spacial score (nSPS) is 25.9. The van der Waals surface area contributed by atoms with E-state index in [1.807, 2.05) is 17.8 Å². The van der Waals surface area contributed by atoms with Crippen molar-refractivity contribution in [1.29, 1.82) is 0 Å². The Morgan fingerprint density at radius 2 is 2.07 bits per heavy atom. The number of hydrogen-bond acceptors (Lipinski definition) is 1. The highest BCUT2D eigenvalue weighted by Crippen LogP contribution is 2.50. The van der Waals surface area contributed by atoms with Gasteiger partial charge in [0.1, 0.15) is 0 Å². The van der Waals surface area contributed by atoms with Crippen LogP contribution in [0.25, 0.3) is 0 Å². The second kappa shape index (κ2) is 3.46. The van der Waals surface area contributed by atoms with Crippen molar-refractivity contribution in [1.82, 2.24) is 0 Å². The molecule has 1 atom stereocenters. The van der Waals surface area contributed by atoms with E-state index >= 15 is 0 Å². The van der Waals surface area contributed by atoms with Gasteiger partial charge in [-0.2, -0.15) is 0 Å². The van der Waals surface area contributed by atoms with Gasteiger partial charge in [0.2, 0.25) is 0 Å². The number of halogens is 1. The highest BCUT2D eigenvalue weighted by molar-refractivity contribution is 7.99. The van der Waals surface area contributed by atoms with Gasteiger partial charge in [-0.1, -0.05) is 11.6 Å². The third-order valence-electron chi connectivity index (χ3n) is 3.25. The van der Waals surface area contributed by atoms with E-state index < -0.39 is 0 Å². The second-order valence-corrected chi connectivity index (χ2v) is 5.84. The average molecular weight is 225 g/mol. The first-order valence-corrected chi connectivity index (χ1v) is 6.63. The Kier molecular flexibility index (Phi) is 2.25. The largest absolute Gasteiger partial charge is 0.126 e. The molecule has 1 heterocycles. The molecule has 74 valence electrons. The lowest BCUT2D eigenvalue weighted by atomic mass is 9.91. The van der Waals surface area contributed by atoms with Gasteiger partial charge in [0.15, 0.2) is 0 Å². The van der Waals surface area contributed by atoms with Crippen molar-refractivity contribution in [3.8, 4) is 0 Å². The van der Waals surface area contributed by atoms with Gasteiger partial charge >= 0.3 is 0 Å². The van der Waals surface area contributed by atoms with Gasteiger partial charge in [-0.25, -0.2) is 0 Å². The lowest BCUT2D eigenvalue weighted by Crippen LogP contribution is -2.09. The van der Waals surface area contributed by atoms with Crippen LogP contribution in [0.1, 0.15) is 30.7 Å². The van der Waals surface area contributed by atoms with Gasteiger partial charge in [-0.15, -0.1) is 11.8 Å². The number of thioether (sulfide) groups is 1. The Morgan fingerprint density at radius 1 is 1.21 bits per heavy atom. The molecule has 0 amide bonds. The molecule has 0 nitrogen and oxygen atoms in total. The fraction of sp³-hybridized carbons (Fsp3) is 0.500. The standard InChI is InChI=1S/C12H13ClS/c13-9-3-4-12-11(7-9)10(5-6-14-12)8-1-2-8/h3-4,7-8,10H,1-2,5-6H2. The van der Waals surface area contributed by atoms with Gasteiger partial charge in [0.05, 0.1) is 0 Å². The van der Waals surface area contributed by atoms with Crippen LogP contribution in [0.3, 0.4) is 0 Å². The second-order valence-electron chi connectivity index (χ2n) is 4.26. The molecule has 0 N–H and O–H groups in total. The van der Waals surface area contributed by atoms with Crippen LogP contribution in [0.4, 0.5) is 0 Å². The number of rotatable bonds is 1. The molecule has 1 unspecified atom stereocenters. The van der Waals surface area contributed by atoms with Crippen molar-refractivity contribution < 1.29 is 0 Å². The highest BCUT2D eigenvalue weighted by atomic mass is 35.5. The fourth-order valence-electron chi connectivity index (χ4n) is 2.38. The van der Waals surface area contributed by atoms with Gasteiger partial charge in [0, 0.05) is 9.92 Å². The SMILES string of the molecule is Clc1ccc2c(c1)C(C1CC1)CCS2. The predicted octanol–water partition coefficient (Wildman–Crippen LogP) is 4.33. The van der Waals surface area contributed by atoms with E-state index in [4.69, 9.17) is 11.6 Å². The van der Waals surface area contributed by atoms with E-state index in [9.17, 15) is 0 Å². The molecule has 2 aliphatic rings. The maximum Gasteiger partial charge on any atom is 0.0409 e. The molecule has 1 saturated carbocycles. The number of hydrogen-bond donors (Lipinski definition) is 0. The van der Waals surface area contributed by atoms with Gasteiger partial charge < -0.3 is 0 Å². The zero-order valence-corrected chi connectivity index (χ0v) is 9.57. The summed E-state index contributed by atoms with van der Waals surface area (Å²) in [5.74, 6) is 3.06. The lowest BCUT2D eigenvalue weighted by Gasteiger charge is -2.25. The van der Waals surface area contributed by atoms with Crippen LogP contribution in [0.2, 0.25) is 5.02 Å². The molecule has 1 aromatic rings. The van der Waals surface area contributed by atoms with E-state index in [0.717, 1.165) is 16.9 Å². The zero-order chi connectivity index (χ0) is 9.54. The van der Waals surface area contributed by atoms with Crippen LogP contribution in [-0.4, -0.2) is 5.75 Å². The quantitative estimate of drug-likeness (QED) is 0.684. The molecule has 0 spiro atoms. The topological polar surface area (TPSA) is 0 Å². The van der Waals surface area contributed by atoms with Crippen molar-refractivity contribution in [3.63, 3.8) is 0 Å². The molecule has 1 fully saturated rings. The third kappa shape index (κ3) is 1.57. The van der Waals surface area contributed by atoms with Gasteiger partial charge in [0.25, 0.3) is 0 Å². The lowest BCUT2D eigenvalue weighted by molar-refractivity contribution is 0.574. The molecule has 0 bridgehead atoms. The third-order valence-corrected chi connectivity index (χ3v) is 4.61. The molecule has 1 aliphatic carbocycles. The summed E-state index contributed by atoms with van der Waals surface area (Å²) < 4.78 is 0. The molecular formula is C12H13ClS. The zero-order valence-electron chi connectivity index (χ0n) is 8.00. The van der Waals surface area contributed by atoms with Crippen LogP contribution in [-0.2, 0) is 0 Å². The summed E-state index contributed by atoms with van der Waals surface area (Å²) in [4.78, 5) is 1.47. The highest BCUT2D eigenvalue weighted by Gasteiger charge is 2.35. The first-order valence-electron chi connectivity index (χ1n) is 5.27. The molecule has 0 aromatic heterocycles. The Labute approximate surface area is 94.0 Å². The Bertz CT molecular complexity index is 357. The maximum atomic E-state index is 6.06. The van der Waals surface area contributed by atoms with Crippen molar-refractivity contribution in [3.05, 3.63) is 28.8 Å². The van der Waals surface area contributed by atoms with E-state index in [2.05, 4.69) is 12.1 Å². The average Bonchev–Trinajstić information content (AvgIpc) is 3.00. The van der Waals surface area contributed by atoms with Crippen molar-refractivity contribution in [2.75, 3.05) is 5.75 Å². The summed E-state index contributed by atoms with van der Waals surface area (Å²) in [5.41, 5.74) is 1.52. The molecule has 0 radical (unpaired) electrons. The van der Waals surface area contributed by atoms with Gasteiger partial charge in [-0.3, -0.25) is 0 Å². The van der Waals surface area contributed by atoms with E-state index in [0.29, 0.717) is 0 Å². The van der Waals surface area contributed by atoms with Crippen LogP contribution in [0, 0.1) is 5.92 Å². The monoisotopic (exact) mass is 224 g/mol. The van der Waals surface area contributed by atoms with E-state index in [-0.39, 0.29) is 0 Å². The van der Waals surface area contributed by atoms with Crippen LogP contribution in [0.15, 0.2) is 23.1 Å². The predicted molar refractivity (Wildman–Crippen MR) is 62.3 cm³/mol. The Hall–Kier alpha value is -0.140. The summed E-state index contributed by atoms with van der Waals surface area (Å²) in [6.45, 7) is 0. The van der Waals surface area contributed by atoms with Crippen LogP contribution < -0.4 is 0 Å². The smallest absolute Gasteiger partial charge is 0.0409 e. The number of fused-ring (bicyclic) bond motifs is 1. The minimum Gasteiger partial charge on any atom is -0.126 e. The number of benzene rings is 1. The van der Waals surface area contributed by atoms with Crippen LogP contribution >= 0.6 is 23.4 Å². The van der Waals surface area contributed by atoms with E-state index in [1.54, 1.807) is 0 Å². The van der Waals surface area contributed by atoms with Crippen LogP contribution in [0.5, 0.6) is 0 Å². The molecule has 2 heteroatoms. The maximum absolute atomic E-state index is 6.06. The first kappa shape index (κ1) is 9.11. The fourth-order valence-corrected chi connectivity index (χ4v) is 3.69. The van der Waals surface area contributed by atoms with Crippen molar-refractivity contribution >= 4 is 23.4 Å². The Morgan fingerprint density at radius 3 is 2.86 bits per heavy atom. The van der Waals surface area contributed by atoms with Gasteiger partial charge in [-0.05, 0) is 60.6 Å². The molecule has 1 aliphatic heterocycles.